The molecule has 2 aromatic carbocycles. The molecule has 1 fully saturated rings. The molecule has 3 heteroatoms. The number of nitrogens with one attached hydrogen (secondary N) is 1. The highest BCUT2D eigenvalue weighted by atomic mass is 16.4. The van der Waals surface area contributed by atoms with Crippen molar-refractivity contribution in [2.45, 2.75) is 18.4 Å². The largest absolute Gasteiger partial charge is 0.478 e. The number of carboxylic acids is 1. The van der Waals surface area contributed by atoms with Crippen LogP contribution in [0.4, 0.5) is 5.69 Å². The summed E-state index contributed by atoms with van der Waals surface area (Å²) < 4.78 is 0. The Morgan fingerprint density at radius 2 is 1.63 bits per heavy atom. The van der Waals surface area contributed by atoms with Crippen LogP contribution >= 0.6 is 0 Å². The minimum atomic E-state index is -0.896. The van der Waals surface area contributed by atoms with E-state index in [9.17, 15) is 9.90 Å². The molecule has 0 aromatic heterocycles. The van der Waals surface area contributed by atoms with Crippen LogP contribution in [0.2, 0.25) is 0 Å². The Morgan fingerprint density at radius 3 is 2.26 bits per heavy atom. The second kappa shape index (κ2) is 4.43. The maximum absolute atomic E-state index is 11.2. The monoisotopic (exact) mass is 253 g/mol. The van der Waals surface area contributed by atoms with E-state index in [-0.39, 0.29) is 5.54 Å². The Morgan fingerprint density at radius 1 is 1.00 bits per heavy atom. The fourth-order valence-electron chi connectivity index (χ4n) is 2.40. The standard InChI is InChI=1S/C16H15NO2/c18-15(19)13-8-4-5-9-14(13)17-16(10-11-16)12-6-2-1-3-7-12/h1-9,17H,10-11H2,(H,18,19). The number of rotatable bonds is 4. The number of para-hydroxylation sites is 1. The molecule has 0 saturated heterocycles. The van der Waals surface area contributed by atoms with Gasteiger partial charge in [0.1, 0.15) is 0 Å². The lowest BCUT2D eigenvalue weighted by atomic mass is 10.0. The van der Waals surface area contributed by atoms with Gasteiger partial charge in [-0.05, 0) is 30.5 Å². The molecule has 96 valence electrons. The van der Waals surface area contributed by atoms with E-state index < -0.39 is 5.97 Å². The number of aromatic carboxylic acids is 1. The van der Waals surface area contributed by atoms with Crippen LogP contribution in [0, 0.1) is 0 Å². The fourth-order valence-corrected chi connectivity index (χ4v) is 2.40. The second-order valence-electron chi connectivity index (χ2n) is 4.92. The lowest BCUT2D eigenvalue weighted by Crippen LogP contribution is -2.20. The Kier molecular flexibility index (Phi) is 2.75. The molecule has 0 spiro atoms. The van der Waals surface area contributed by atoms with Gasteiger partial charge in [0.15, 0.2) is 0 Å². The Balaban J connectivity index is 1.92. The maximum Gasteiger partial charge on any atom is 0.337 e. The van der Waals surface area contributed by atoms with Gasteiger partial charge in [-0.3, -0.25) is 0 Å². The van der Waals surface area contributed by atoms with E-state index in [1.54, 1.807) is 12.1 Å². The first-order chi connectivity index (χ1) is 9.21. The molecule has 0 amide bonds. The predicted molar refractivity (Wildman–Crippen MR) is 74.4 cm³/mol. The topological polar surface area (TPSA) is 49.3 Å². The van der Waals surface area contributed by atoms with Crippen LogP contribution in [0.25, 0.3) is 0 Å². The van der Waals surface area contributed by atoms with E-state index in [0.717, 1.165) is 12.8 Å². The molecule has 3 rings (SSSR count). The maximum atomic E-state index is 11.2. The van der Waals surface area contributed by atoms with Crippen LogP contribution in [-0.4, -0.2) is 11.1 Å². The van der Waals surface area contributed by atoms with Crippen molar-refractivity contribution in [2.75, 3.05) is 5.32 Å². The molecule has 1 aliphatic carbocycles. The van der Waals surface area contributed by atoms with Gasteiger partial charge in [0.05, 0.1) is 11.1 Å². The number of benzene rings is 2. The van der Waals surface area contributed by atoms with E-state index >= 15 is 0 Å². The van der Waals surface area contributed by atoms with Gasteiger partial charge in [-0.2, -0.15) is 0 Å². The summed E-state index contributed by atoms with van der Waals surface area (Å²) in [4.78, 5) is 11.2. The van der Waals surface area contributed by atoms with Crippen molar-refractivity contribution in [3.63, 3.8) is 0 Å². The number of anilines is 1. The molecule has 0 unspecified atom stereocenters. The van der Waals surface area contributed by atoms with Crippen LogP contribution < -0.4 is 5.32 Å². The highest BCUT2D eigenvalue weighted by Crippen LogP contribution is 2.48. The number of carboxylic acid groups (broad SMARTS) is 1. The molecule has 0 bridgehead atoms. The lowest BCUT2D eigenvalue weighted by molar-refractivity contribution is 0.0698. The normalized spacial score (nSPS) is 15.8. The van der Waals surface area contributed by atoms with E-state index in [1.807, 2.05) is 30.3 Å². The average Bonchev–Trinajstić information content (AvgIpc) is 3.21. The van der Waals surface area contributed by atoms with Gasteiger partial charge in [-0.25, -0.2) is 4.79 Å². The van der Waals surface area contributed by atoms with Crippen molar-refractivity contribution < 1.29 is 9.90 Å². The Labute approximate surface area is 111 Å². The smallest absolute Gasteiger partial charge is 0.337 e. The molecule has 19 heavy (non-hydrogen) atoms. The average molecular weight is 253 g/mol. The van der Waals surface area contributed by atoms with E-state index in [4.69, 9.17) is 0 Å². The summed E-state index contributed by atoms with van der Waals surface area (Å²) >= 11 is 0. The molecule has 3 nitrogen and oxygen atoms in total. The van der Waals surface area contributed by atoms with Crippen molar-refractivity contribution in [3.05, 3.63) is 65.7 Å². The molecule has 1 aliphatic rings. The van der Waals surface area contributed by atoms with Gasteiger partial charge < -0.3 is 10.4 Å². The molecular weight excluding hydrogens is 238 g/mol. The molecule has 2 N–H and O–H groups in total. The summed E-state index contributed by atoms with van der Waals surface area (Å²) in [7, 11) is 0. The molecule has 0 heterocycles. The number of hydrogen-bond acceptors (Lipinski definition) is 2. The second-order valence-corrected chi connectivity index (χ2v) is 4.92. The van der Waals surface area contributed by atoms with Crippen molar-refractivity contribution >= 4 is 11.7 Å². The van der Waals surface area contributed by atoms with E-state index in [2.05, 4.69) is 17.4 Å². The minimum absolute atomic E-state index is 0.0905. The highest BCUT2D eigenvalue weighted by Gasteiger charge is 2.44. The zero-order valence-electron chi connectivity index (χ0n) is 10.5. The van der Waals surface area contributed by atoms with Crippen LogP contribution in [0.1, 0.15) is 28.8 Å². The highest BCUT2D eigenvalue weighted by molar-refractivity contribution is 5.94. The summed E-state index contributed by atoms with van der Waals surface area (Å²) in [6.07, 6.45) is 2.07. The molecule has 0 radical (unpaired) electrons. The van der Waals surface area contributed by atoms with Crippen molar-refractivity contribution in [1.82, 2.24) is 0 Å². The zero-order valence-corrected chi connectivity index (χ0v) is 10.5. The van der Waals surface area contributed by atoms with Crippen LogP contribution in [0.15, 0.2) is 54.6 Å². The minimum Gasteiger partial charge on any atom is -0.478 e. The van der Waals surface area contributed by atoms with Gasteiger partial charge in [-0.15, -0.1) is 0 Å². The van der Waals surface area contributed by atoms with Crippen molar-refractivity contribution in [3.8, 4) is 0 Å². The predicted octanol–water partition coefficient (Wildman–Crippen LogP) is 3.49. The summed E-state index contributed by atoms with van der Waals surface area (Å²) in [5, 5.41) is 12.6. The summed E-state index contributed by atoms with van der Waals surface area (Å²) in [6.45, 7) is 0. The lowest BCUT2D eigenvalue weighted by Gasteiger charge is -2.20. The summed E-state index contributed by atoms with van der Waals surface area (Å²) in [6, 6.07) is 17.3. The first kappa shape index (κ1) is 11.8. The molecule has 0 atom stereocenters. The Bertz CT molecular complexity index is 603. The molecule has 1 saturated carbocycles. The van der Waals surface area contributed by atoms with Crippen LogP contribution in [0.5, 0.6) is 0 Å². The third kappa shape index (κ3) is 2.19. The zero-order chi connectivity index (χ0) is 13.3. The summed E-state index contributed by atoms with van der Waals surface area (Å²) in [5.74, 6) is -0.896. The van der Waals surface area contributed by atoms with Gasteiger partial charge in [-0.1, -0.05) is 42.5 Å². The van der Waals surface area contributed by atoms with Crippen LogP contribution in [-0.2, 0) is 5.54 Å². The molecule has 0 aliphatic heterocycles. The fraction of sp³-hybridized carbons (Fsp3) is 0.188. The van der Waals surface area contributed by atoms with Crippen molar-refractivity contribution in [1.29, 1.82) is 0 Å². The molecule has 2 aromatic rings. The van der Waals surface area contributed by atoms with Gasteiger partial charge in [0.2, 0.25) is 0 Å². The quantitative estimate of drug-likeness (QED) is 0.877. The Hall–Kier alpha value is -2.29. The van der Waals surface area contributed by atoms with Gasteiger partial charge >= 0.3 is 5.97 Å². The van der Waals surface area contributed by atoms with Crippen LogP contribution in [0.3, 0.4) is 0 Å². The third-order valence-electron chi connectivity index (χ3n) is 3.61. The molecular formula is C16H15NO2. The van der Waals surface area contributed by atoms with E-state index in [0.29, 0.717) is 11.3 Å². The van der Waals surface area contributed by atoms with Crippen molar-refractivity contribution in [2.24, 2.45) is 0 Å². The third-order valence-corrected chi connectivity index (χ3v) is 3.61. The van der Waals surface area contributed by atoms with Gasteiger partial charge in [0.25, 0.3) is 0 Å². The first-order valence-electron chi connectivity index (χ1n) is 6.37. The summed E-state index contributed by atoms with van der Waals surface area (Å²) in [5.41, 5.74) is 2.14. The van der Waals surface area contributed by atoms with Gasteiger partial charge in [0, 0.05) is 5.69 Å². The first-order valence-corrected chi connectivity index (χ1v) is 6.37. The van der Waals surface area contributed by atoms with E-state index in [1.165, 1.54) is 5.56 Å². The number of hydrogen-bond donors (Lipinski definition) is 2. The number of carbonyl (C=O) groups is 1. The SMILES string of the molecule is O=C(O)c1ccccc1NC1(c2ccccc2)CC1.